The van der Waals surface area contributed by atoms with E-state index in [-0.39, 0.29) is 16.5 Å². The molecule has 0 atom stereocenters. The highest BCUT2D eigenvalue weighted by Crippen LogP contribution is 2.29. The molecule has 0 aliphatic carbocycles. The number of hydrogen-bond donors (Lipinski definition) is 0. The van der Waals surface area contributed by atoms with Crippen molar-refractivity contribution in [1.29, 1.82) is 0 Å². The second kappa shape index (κ2) is 5.32. The van der Waals surface area contributed by atoms with Crippen LogP contribution in [0.15, 0.2) is 35.5 Å². The van der Waals surface area contributed by atoms with Crippen LogP contribution in [0, 0.1) is 0 Å². The maximum atomic E-state index is 12.7. The molecule has 0 amide bonds. The first kappa shape index (κ1) is 14.4. The Morgan fingerprint density at radius 2 is 2.14 bits per heavy atom. The van der Waals surface area contributed by atoms with Gasteiger partial charge in [-0.05, 0) is 18.2 Å². The number of methoxy groups -OCH3 is 1. The first-order valence-corrected chi connectivity index (χ1v) is 8.18. The maximum absolute atomic E-state index is 12.7. The average molecular weight is 328 g/mol. The molecular formula is C13H14ClN3O3S. The molecule has 0 saturated carbocycles. The summed E-state index contributed by atoms with van der Waals surface area (Å²) >= 11 is 6.01. The SMILES string of the molecule is COc1ccc(S(=O)(=O)N2CCn3ccnc3C2)cc1Cl. The van der Waals surface area contributed by atoms with E-state index in [1.54, 1.807) is 12.3 Å². The van der Waals surface area contributed by atoms with E-state index in [0.717, 1.165) is 5.82 Å². The van der Waals surface area contributed by atoms with E-state index in [1.165, 1.54) is 23.5 Å². The van der Waals surface area contributed by atoms with Crippen molar-refractivity contribution < 1.29 is 13.2 Å². The fourth-order valence-electron chi connectivity index (χ4n) is 2.31. The van der Waals surface area contributed by atoms with Gasteiger partial charge in [0.2, 0.25) is 10.0 Å². The van der Waals surface area contributed by atoms with Crippen molar-refractivity contribution in [2.24, 2.45) is 0 Å². The van der Waals surface area contributed by atoms with Crippen LogP contribution in [0.2, 0.25) is 5.02 Å². The monoisotopic (exact) mass is 327 g/mol. The van der Waals surface area contributed by atoms with Gasteiger partial charge in [0, 0.05) is 25.5 Å². The van der Waals surface area contributed by atoms with Crippen LogP contribution in [0.4, 0.5) is 0 Å². The number of aromatic nitrogens is 2. The summed E-state index contributed by atoms with van der Waals surface area (Å²) < 4.78 is 33.7. The minimum atomic E-state index is -3.59. The summed E-state index contributed by atoms with van der Waals surface area (Å²) in [4.78, 5) is 4.33. The van der Waals surface area contributed by atoms with Gasteiger partial charge in [0.05, 0.1) is 23.6 Å². The Bertz CT molecular complexity index is 773. The van der Waals surface area contributed by atoms with Crippen LogP contribution in [0.1, 0.15) is 5.82 Å². The summed E-state index contributed by atoms with van der Waals surface area (Å²) in [6, 6.07) is 4.47. The van der Waals surface area contributed by atoms with Gasteiger partial charge in [-0.3, -0.25) is 0 Å². The molecule has 2 aromatic rings. The number of nitrogens with zero attached hydrogens (tertiary/aromatic N) is 3. The largest absolute Gasteiger partial charge is 0.495 e. The molecule has 0 fully saturated rings. The lowest BCUT2D eigenvalue weighted by molar-refractivity contribution is 0.335. The highest BCUT2D eigenvalue weighted by molar-refractivity contribution is 7.89. The summed E-state index contributed by atoms with van der Waals surface area (Å²) in [5, 5.41) is 0.275. The predicted octanol–water partition coefficient (Wildman–Crippen LogP) is 1.75. The Labute approximate surface area is 128 Å². The van der Waals surface area contributed by atoms with E-state index < -0.39 is 10.0 Å². The lowest BCUT2D eigenvalue weighted by atomic mass is 10.3. The molecule has 0 radical (unpaired) electrons. The van der Waals surface area contributed by atoms with Crippen LogP contribution in [0.25, 0.3) is 0 Å². The number of benzene rings is 1. The summed E-state index contributed by atoms with van der Waals surface area (Å²) in [6.45, 7) is 1.27. The highest BCUT2D eigenvalue weighted by atomic mass is 35.5. The zero-order valence-electron chi connectivity index (χ0n) is 11.4. The fraction of sp³-hybridized carbons (Fsp3) is 0.308. The smallest absolute Gasteiger partial charge is 0.243 e. The van der Waals surface area contributed by atoms with E-state index in [4.69, 9.17) is 16.3 Å². The number of sulfonamides is 1. The van der Waals surface area contributed by atoms with Crippen LogP contribution in [0.3, 0.4) is 0 Å². The quantitative estimate of drug-likeness (QED) is 0.861. The Morgan fingerprint density at radius 1 is 1.33 bits per heavy atom. The van der Waals surface area contributed by atoms with Crippen molar-refractivity contribution >= 4 is 21.6 Å². The number of halogens is 1. The van der Waals surface area contributed by atoms with Gasteiger partial charge in [0.25, 0.3) is 0 Å². The molecule has 0 N–H and O–H groups in total. The van der Waals surface area contributed by atoms with Crippen LogP contribution < -0.4 is 4.74 Å². The van der Waals surface area contributed by atoms with Crippen molar-refractivity contribution in [2.45, 2.75) is 18.0 Å². The molecule has 2 heterocycles. The lowest BCUT2D eigenvalue weighted by Gasteiger charge is -2.27. The van der Waals surface area contributed by atoms with Gasteiger partial charge in [-0.2, -0.15) is 4.31 Å². The second-order valence-electron chi connectivity index (χ2n) is 4.67. The lowest BCUT2D eigenvalue weighted by Crippen LogP contribution is -2.38. The van der Waals surface area contributed by atoms with Gasteiger partial charge < -0.3 is 9.30 Å². The van der Waals surface area contributed by atoms with Crippen molar-refractivity contribution in [1.82, 2.24) is 13.9 Å². The van der Waals surface area contributed by atoms with Crippen molar-refractivity contribution in [3.63, 3.8) is 0 Å². The normalized spacial score (nSPS) is 15.7. The Morgan fingerprint density at radius 3 is 2.86 bits per heavy atom. The van der Waals surface area contributed by atoms with Gasteiger partial charge in [-0.25, -0.2) is 13.4 Å². The van der Waals surface area contributed by atoms with Gasteiger partial charge in [-0.1, -0.05) is 11.6 Å². The summed E-state index contributed by atoms with van der Waals surface area (Å²) in [6.07, 6.45) is 3.53. The molecular weight excluding hydrogens is 314 g/mol. The summed E-state index contributed by atoms with van der Waals surface area (Å²) in [5.74, 6) is 1.19. The summed E-state index contributed by atoms with van der Waals surface area (Å²) in [7, 11) is -2.10. The van der Waals surface area contributed by atoms with Gasteiger partial charge >= 0.3 is 0 Å². The number of imidazole rings is 1. The van der Waals surface area contributed by atoms with Crippen molar-refractivity contribution in [3.8, 4) is 5.75 Å². The molecule has 3 rings (SSSR count). The number of fused-ring (bicyclic) bond motifs is 1. The molecule has 8 heteroatoms. The average Bonchev–Trinajstić information content (AvgIpc) is 2.94. The predicted molar refractivity (Wildman–Crippen MR) is 77.8 cm³/mol. The molecule has 0 saturated heterocycles. The third-order valence-corrected chi connectivity index (χ3v) is 5.61. The standard InChI is InChI=1S/C13H14ClN3O3S/c1-20-12-3-2-10(8-11(12)14)21(18,19)17-7-6-16-5-4-15-13(16)9-17/h2-5,8H,6-7,9H2,1H3. The summed E-state index contributed by atoms with van der Waals surface area (Å²) in [5.41, 5.74) is 0. The third kappa shape index (κ3) is 2.52. The topological polar surface area (TPSA) is 64.4 Å². The number of hydrogen-bond acceptors (Lipinski definition) is 4. The van der Waals surface area contributed by atoms with E-state index in [9.17, 15) is 8.42 Å². The van der Waals surface area contributed by atoms with Gasteiger partial charge in [0.1, 0.15) is 11.6 Å². The number of rotatable bonds is 3. The highest BCUT2D eigenvalue weighted by Gasteiger charge is 2.29. The first-order chi connectivity index (χ1) is 10.0. The van der Waals surface area contributed by atoms with E-state index >= 15 is 0 Å². The van der Waals surface area contributed by atoms with Crippen molar-refractivity contribution in [2.75, 3.05) is 13.7 Å². The molecule has 112 valence electrons. The molecule has 0 bridgehead atoms. The minimum Gasteiger partial charge on any atom is -0.495 e. The van der Waals surface area contributed by atoms with E-state index in [0.29, 0.717) is 18.8 Å². The maximum Gasteiger partial charge on any atom is 0.243 e. The molecule has 1 aliphatic rings. The van der Waals surface area contributed by atoms with Crippen LogP contribution >= 0.6 is 11.6 Å². The van der Waals surface area contributed by atoms with Gasteiger partial charge in [-0.15, -0.1) is 0 Å². The van der Waals surface area contributed by atoms with Gasteiger partial charge in [0.15, 0.2) is 0 Å². The molecule has 1 aromatic heterocycles. The van der Waals surface area contributed by atoms with E-state index in [2.05, 4.69) is 4.98 Å². The van der Waals surface area contributed by atoms with Crippen molar-refractivity contribution in [3.05, 3.63) is 41.4 Å². The fourth-order valence-corrected chi connectivity index (χ4v) is 4.05. The molecule has 0 spiro atoms. The molecule has 1 aliphatic heterocycles. The Hall–Kier alpha value is -1.57. The second-order valence-corrected chi connectivity index (χ2v) is 7.02. The molecule has 1 aromatic carbocycles. The zero-order valence-corrected chi connectivity index (χ0v) is 12.9. The van der Waals surface area contributed by atoms with E-state index in [1.807, 2.05) is 10.8 Å². The Balaban J connectivity index is 1.93. The van der Waals surface area contributed by atoms with Crippen LogP contribution in [-0.4, -0.2) is 35.9 Å². The minimum absolute atomic E-state index is 0.160. The van der Waals surface area contributed by atoms with Crippen LogP contribution in [-0.2, 0) is 23.1 Å². The zero-order chi connectivity index (χ0) is 15.0. The number of ether oxygens (including phenoxy) is 1. The molecule has 21 heavy (non-hydrogen) atoms. The first-order valence-electron chi connectivity index (χ1n) is 6.36. The molecule has 0 unspecified atom stereocenters. The van der Waals surface area contributed by atoms with Crippen LogP contribution in [0.5, 0.6) is 5.75 Å². The Kier molecular flexibility index (Phi) is 3.64. The third-order valence-electron chi connectivity index (χ3n) is 3.47. The molecule has 6 nitrogen and oxygen atoms in total.